The van der Waals surface area contributed by atoms with Crippen molar-refractivity contribution in [2.24, 2.45) is 5.92 Å². The first-order valence-corrected chi connectivity index (χ1v) is 12.2. The van der Waals surface area contributed by atoms with E-state index in [-0.39, 0.29) is 11.7 Å². The number of methoxy groups -OCH3 is 1. The number of nitrogens with zero attached hydrogens (tertiary/aromatic N) is 1. The van der Waals surface area contributed by atoms with E-state index in [9.17, 15) is 4.79 Å². The molecule has 1 fully saturated rings. The molecule has 2 aromatic carbocycles. The summed E-state index contributed by atoms with van der Waals surface area (Å²) in [5, 5.41) is 0. The predicted octanol–water partition coefficient (Wildman–Crippen LogP) is 5.32. The molecule has 34 heavy (non-hydrogen) atoms. The first-order valence-electron chi connectivity index (χ1n) is 12.2. The quantitative estimate of drug-likeness (QED) is 0.519. The third-order valence-corrected chi connectivity index (χ3v) is 7.60. The fourth-order valence-electron chi connectivity index (χ4n) is 4.50. The second-order valence-electron chi connectivity index (χ2n) is 10.3. The maximum Gasteiger partial charge on any atom is 0.494 e. The van der Waals surface area contributed by atoms with Crippen molar-refractivity contribution in [3.63, 3.8) is 0 Å². The second-order valence-corrected chi connectivity index (χ2v) is 10.3. The lowest BCUT2D eigenvalue weighted by Gasteiger charge is -2.37. The Hall–Kier alpha value is -2.51. The van der Waals surface area contributed by atoms with Crippen LogP contribution in [0.4, 0.5) is 4.79 Å². The predicted molar refractivity (Wildman–Crippen MR) is 133 cm³/mol. The van der Waals surface area contributed by atoms with Gasteiger partial charge in [-0.05, 0) is 80.4 Å². The van der Waals surface area contributed by atoms with Gasteiger partial charge in [0.1, 0.15) is 11.5 Å². The number of hydrogen-bond acceptors (Lipinski definition) is 5. The van der Waals surface area contributed by atoms with E-state index in [0.29, 0.717) is 24.8 Å². The van der Waals surface area contributed by atoms with E-state index in [1.165, 1.54) is 6.42 Å². The van der Waals surface area contributed by atoms with E-state index in [1.54, 1.807) is 24.1 Å². The Balaban J connectivity index is 1.36. The highest BCUT2D eigenvalue weighted by Gasteiger charge is 2.54. The first-order chi connectivity index (χ1) is 16.1. The van der Waals surface area contributed by atoms with Crippen LogP contribution in [0.15, 0.2) is 42.5 Å². The number of hydrogen-bond donors (Lipinski definition) is 0. The largest absolute Gasteiger partial charge is 0.497 e. The standard InChI is InChI=1S/C27H36BNO5/c1-7-19(2)14-15-27(5)26(3,4)33-28(34-27)22-9-12-23(13-10-22)32-25(30)29-17-20-8-11-24(31-6)16-21(20)18-29/h8-13,16,19H,7,14-15,17-18H2,1-6H3. The molecule has 0 bridgehead atoms. The molecule has 0 saturated carbocycles. The van der Waals surface area contributed by atoms with Gasteiger partial charge in [-0.25, -0.2) is 4.79 Å². The highest BCUT2D eigenvalue weighted by atomic mass is 16.7. The van der Waals surface area contributed by atoms with Gasteiger partial charge in [-0.3, -0.25) is 4.90 Å². The molecule has 0 spiro atoms. The fraction of sp³-hybridized carbons (Fsp3) is 0.519. The molecule has 0 N–H and O–H groups in total. The molecule has 2 aliphatic heterocycles. The van der Waals surface area contributed by atoms with Crippen LogP contribution in [0.5, 0.6) is 11.5 Å². The summed E-state index contributed by atoms with van der Waals surface area (Å²) in [4.78, 5) is 14.4. The number of carbonyl (C=O) groups excluding carboxylic acids is 1. The zero-order valence-electron chi connectivity index (χ0n) is 21.2. The maximum absolute atomic E-state index is 12.7. The van der Waals surface area contributed by atoms with Crippen molar-refractivity contribution in [1.29, 1.82) is 0 Å². The van der Waals surface area contributed by atoms with Crippen molar-refractivity contribution >= 4 is 18.7 Å². The molecule has 2 unspecified atom stereocenters. The Morgan fingerprint density at radius 1 is 1.06 bits per heavy atom. The summed E-state index contributed by atoms with van der Waals surface area (Å²) in [6.07, 6.45) is 2.86. The molecule has 2 atom stereocenters. The first kappa shape index (κ1) is 24.6. The minimum Gasteiger partial charge on any atom is -0.497 e. The Morgan fingerprint density at radius 3 is 2.41 bits per heavy atom. The molecular formula is C27H36BNO5. The minimum atomic E-state index is -0.440. The molecule has 2 aliphatic rings. The zero-order chi connectivity index (χ0) is 24.5. The molecule has 1 saturated heterocycles. The van der Waals surface area contributed by atoms with E-state index in [1.807, 2.05) is 30.3 Å². The number of rotatable bonds is 7. The lowest BCUT2D eigenvalue weighted by molar-refractivity contribution is -0.0193. The SMILES string of the molecule is CCC(C)CCC1(C)OB(c2ccc(OC(=O)N3Cc4ccc(OC)cc4C3)cc2)OC1(C)C. The van der Waals surface area contributed by atoms with Crippen molar-refractivity contribution in [3.8, 4) is 11.5 Å². The van der Waals surface area contributed by atoms with Crippen LogP contribution in [0.1, 0.15) is 65.0 Å². The summed E-state index contributed by atoms with van der Waals surface area (Å²) < 4.78 is 23.7. The molecule has 7 heteroatoms. The van der Waals surface area contributed by atoms with Crippen LogP contribution >= 0.6 is 0 Å². The van der Waals surface area contributed by atoms with Crippen molar-refractivity contribution in [2.45, 2.75) is 78.2 Å². The van der Waals surface area contributed by atoms with Gasteiger partial charge in [-0.1, -0.05) is 38.5 Å². The Kier molecular flexibility index (Phi) is 6.97. The monoisotopic (exact) mass is 465 g/mol. The van der Waals surface area contributed by atoms with E-state index in [0.717, 1.165) is 35.2 Å². The lowest BCUT2D eigenvalue weighted by atomic mass is 9.79. The normalized spacial score (nSPS) is 21.9. The molecule has 2 heterocycles. The topological polar surface area (TPSA) is 57.2 Å². The van der Waals surface area contributed by atoms with Crippen LogP contribution in [0.25, 0.3) is 0 Å². The summed E-state index contributed by atoms with van der Waals surface area (Å²) in [5.41, 5.74) is 2.35. The van der Waals surface area contributed by atoms with Gasteiger partial charge in [0.05, 0.1) is 18.3 Å². The molecule has 0 aliphatic carbocycles. The molecule has 0 radical (unpaired) electrons. The molecular weight excluding hydrogens is 429 g/mol. The highest BCUT2D eigenvalue weighted by Crippen LogP contribution is 2.41. The number of benzene rings is 2. The minimum absolute atomic E-state index is 0.361. The summed E-state index contributed by atoms with van der Waals surface area (Å²) >= 11 is 0. The Bertz CT molecular complexity index is 1020. The summed E-state index contributed by atoms with van der Waals surface area (Å²) in [7, 11) is 1.20. The van der Waals surface area contributed by atoms with E-state index in [4.69, 9.17) is 18.8 Å². The zero-order valence-corrected chi connectivity index (χ0v) is 21.2. The molecule has 2 aromatic rings. The van der Waals surface area contributed by atoms with Gasteiger partial charge < -0.3 is 18.8 Å². The van der Waals surface area contributed by atoms with Gasteiger partial charge in [-0.15, -0.1) is 0 Å². The molecule has 4 rings (SSSR count). The number of fused-ring (bicyclic) bond motifs is 1. The Morgan fingerprint density at radius 2 is 1.74 bits per heavy atom. The van der Waals surface area contributed by atoms with Gasteiger partial charge in [0.2, 0.25) is 0 Å². The van der Waals surface area contributed by atoms with Crippen LogP contribution in [0.2, 0.25) is 0 Å². The smallest absolute Gasteiger partial charge is 0.494 e. The number of amides is 1. The lowest BCUT2D eigenvalue weighted by Crippen LogP contribution is -2.45. The summed E-state index contributed by atoms with van der Waals surface area (Å²) in [6, 6.07) is 13.3. The van der Waals surface area contributed by atoms with Crippen LogP contribution in [0, 0.1) is 5.92 Å². The van der Waals surface area contributed by atoms with Crippen LogP contribution < -0.4 is 14.9 Å². The average molecular weight is 465 g/mol. The number of carbonyl (C=O) groups is 1. The van der Waals surface area contributed by atoms with Crippen molar-refractivity contribution in [2.75, 3.05) is 7.11 Å². The van der Waals surface area contributed by atoms with E-state index in [2.05, 4.69) is 34.6 Å². The van der Waals surface area contributed by atoms with Gasteiger partial charge in [0.15, 0.2) is 0 Å². The van der Waals surface area contributed by atoms with Crippen molar-refractivity contribution in [1.82, 2.24) is 4.90 Å². The molecule has 0 aromatic heterocycles. The van der Waals surface area contributed by atoms with Gasteiger partial charge in [-0.2, -0.15) is 0 Å². The van der Waals surface area contributed by atoms with Gasteiger partial charge in [0.25, 0.3) is 0 Å². The molecule has 182 valence electrons. The average Bonchev–Trinajstić information content (AvgIpc) is 3.35. The third-order valence-electron chi connectivity index (χ3n) is 7.60. The van der Waals surface area contributed by atoms with Crippen LogP contribution in [0.3, 0.4) is 0 Å². The van der Waals surface area contributed by atoms with Crippen LogP contribution in [-0.2, 0) is 22.4 Å². The third kappa shape index (κ3) is 4.96. The maximum atomic E-state index is 12.7. The van der Waals surface area contributed by atoms with Gasteiger partial charge in [0, 0.05) is 13.1 Å². The van der Waals surface area contributed by atoms with E-state index >= 15 is 0 Å². The summed E-state index contributed by atoms with van der Waals surface area (Å²) in [6.45, 7) is 11.9. The second kappa shape index (κ2) is 9.63. The van der Waals surface area contributed by atoms with Crippen molar-refractivity contribution < 1.29 is 23.6 Å². The van der Waals surface area contributed by atoms with Crippen LogP contribution in [-0.4, -0.2) is 36.4 Å². The molecule has 6 nitrogen and oxygen atoms in total. The van der Waals surface area contributed by atoms with E-state index < -0.39 is 12.7 Å². The highest BCUT2D eigenvalue weighted by molar-refractivity contribution is 6.62. The fourth-order valence-corrected chi connectivity index (χ4v) is 4.50. The number of ether oxygens (including phenoxy) is 2. The van der Waals surface area contributed by atoms with Crippen molar-refractivity contribution in [3.05, 3.63) is 53.6 Å². The molecule has 1 amide bonds. The van der Waals surface area contributed by atoms with Gasteiger partial charge >= 0.3 is 13.2 Å². The summed E-state index contributed by atoms with van der Waals surface area (Å²) in [5.74, 6) is 1.95. The Labute approximate surface area is 203 Å².